The summed E-state index contributed by atoms with van der Waals surface area (Å²) in [6.07, 6.45) is 0.875. The third-order valence-corrected chi connectivity index (χ3v) is 0.224. The third-order valence-electron chi connectivity index (χ3n) is 0.224. The highest BCUT2D eigenvalue weighted by molar-refractivity contribution is 4.10. The minimum atomic E-state index is 0. The van der Waals surface area contributed by atoms with E-state index in [4.69, 9.17) is 5.11 Å². The van der Waals surface area contributed by atoms with Gasteiger partial charge in [0.1, 0.15) is 0 Å². The van der Waals surface area contributed by atoms with E-state index in [0.717, 1.165) is 6.42 Å². The Kier molecular flexibility index (Phi) is 58.5. The molecule has 0 rings (SSSR count). The van der Waals surface area contributed by atoms with Crippen molar-refractivity contribution in [3.05, 3.63) is 0 Å². The van der Waals surface area contributed by atoms with Gasteiger partial charge < -0.3 is 17.4 Å². The topological polar surface area (TPSA) is 90.2 Å². The van der Waals surface area contributed by atoms with Gasteiger partial charge in [-0.15, -0.1) is 0 Å². The van der Waals surface area contributed by atoms with E-state index in [-0.39, 0.29) is 12.3 Å². The van der Waals surface area contributed by atoms with Gasteiger partial charge in [-0.1, -0.05) is 6.92 Å². The van der Waals surface area contributed by atoms with Crippen LogP contribution < -0.4 is 12.3 Å². The van der Waals surface area contributed by atoms with Crippen molar-refractivity contribution < 1.29 is 5.11 Å². The van der Waals surface area contributed by atoms with E-state index in [0.29, 0.717) is 6.61 Å². The highest BCUT2D eigenvalue weighted by Crippen LogP contribution is 1.61. The standard InChI is InChI=1S/C3H8O.2H3N/c1-2-3-4;;/h4H,2-3H2,1H3;2*1H3. The molecule has 3 heteroatoms. The summed E-state index contributed by atoms with van der Waals surface area (Å²) in [5, 5.41) is 7.88. The van der Waals surface area contributed by atoms with Crippen LogP contribution in [0.25, 0.3) is 0 Å². The van der Waals surface area contributed by atoms with Crippen LogP contribution in [0.3, 0.4) is 0 Å². The number of hydrogen-bond donors (Lipinski definition) is 3. The highest BCUT2D eigenvalue weighted by Gasteiger charge is 1.57. The van der Waals surface area contributed by atoms with E-state index < -0.39 is 0 Å². The van der Waals surface area contributed by atoms with Crippen molar-refractivity contribution in [2.45, 2.75) is 13.3 Å². The van der Waals surface area contributed by atoms with Gasteiger partial charge in [0.2, 0.25) is 0 Å². The van der Waals surface area contributed by atoms with Crippen LogP contribution in [0.4, 0.5) is 0 Å². The van der Waals surface area contributed by atoms with Gasteiger partial charge in [-0.3, -0.25) is 0 Å². The highest BCUT2D eigenvalue weighted by atomic mass is 16.2. The maximum Gasteiger partial charge on any atom is 0.0428 e. The van der Waals surface area contributed by atoms with Crippen LogP contribution in [0, 0.1) is 0 Å². The molecule has 0 fully saturated rings. The molecule has 0 aliphatic rings. The number of aliphatic hydroxyl groups excluding tert-OH is 1. The Morgan fingerprint density at radius 2 is 1.50 bits per heavy atom. The van der Waals surface area contributed by atoms with E-state index in [1.165, 1.54) is 0 Å². The molecule has 6 heavy (non-hydrogen) atoms. The van der Waals surface area contributed by atoms with Crippen LogP contribution in [0.5, 0.6) is 0 Å². The van der Waals surface area contributed by atoms with Crippen molar-refractivity contribution in [1.82, 2.24) is 12.3 Å². The Balaban J connectivity index is -0.0000000450. The van der Waals surface area contributed by atoms with Crippen molar-refractivity contribution >= 4 is 0 Å². The lowest BCUT2D eigenvalue weighted by Crippen LogP contribution is -1.69. The van der Waals surface area contributed by atoms with E-state index in [9.17, 15) is 0 Å². The smallest absolute Gasteiger partial charge is 0.0428 e. The first-order valence-corrected chi connectivity index (χ1v) is 1.52. The lowest BCUT2D eigenvalue weighted by molar-refractivity contribution is 0.295. The minimum absolute atomic E-state index is 0. The second kappa shape index (κ2) is 20.8. The fraction of sp³-hybridized carbons (Fsp3) is 1.00. The second-order valence-corrected chi connectivity index (χ2v) is 0.724. The summed E-state index contributed by atoms with van der Waals surface area (Å²) >= 11 is 0. The number of aliphatic hydroxyl groups is 1. The van der Waals surface area contributed by atoms with Crippen molar-refractivity contribution in [2.24, 2.45) is 0 Å². The van der Waals surface area contributed by atoms with Crippen LogP contribution in [0.1, 0.15) is 13.3 Å². The Hall–Kier alpha value is -0.120. The molecule has 3 nitrogen and oxygen atoms in total. The van der Waals surface area contributed by atoms with Gasteiger partial charge in [0.25, 0.3) is 0 Å². The van der Waals surface area contributed by atoms with Crippen molar-refractivity contribution in [3.63, 3.8) is 0 Å². The Labute approximate surface area is 38.5 Å². The summed E-state index contributed by atoms with van der Waals surface area (Å²) in [7, 11) is 0. The van der Waals surface area contributed by atoms with Crippen molar-refractivity contribution in [3.8, 4) is 0 Å². The van der Waals surface area contributed by atoms with Crippen LogP contribution in [-0.2, 0) is 0 Å². The molecule has 0 aromatic rings. The molecule has 0 aliphatic carbocycles. The van der Waals surface area contributed by atoms with Gasteiger partial charge in [-0.05, 0) is 6.42 Å². The van der Waals surface area contributed by atoms with Gasteiger partial charge >= 0.3 is 0 Å². The van der Waals surface area contributed by atoms with Gasteiger partial charge in [-0.2, -0.15) is 0 Å². The second-order valence-electron chi connectivity index (χ2n) is 0.724. The van der Waals surface area contributed by atoms with E-state index in [1.807, 2.05) is 6.92 Å². The molecule has 0 heterocycles. The average Bonchev–Trinajstić information content (AvgIpc) is 1.37. The normalized spacial score (nSPS) is 5.00. The molecule has 0 saturated carbocycles. The average molecular weight is 94.2 g/mol. The quantitative estimate of drug-likeness (QED) is 0.447. The molecular weight excluding hydrogens is 80.0 g/mol. The molecule has 7 N–H and O–H groups in total. The van der Waals surface area contributed by atoms with Gasteiger partial charge in [0.15, 0.2) is 0 Å². The molecule has 0 aromatic heterocycles. The van der Waals surface area contributed by atoms with Gasteiger partial charge in [-0.25, -0.2) is 0 Å². The molecule has 0 atom stereocenters. The molecule has 0 amide bonds. The van der Waals surface area contributed by atoms with Crippen LogP contribution in [-0.4, -0.2) is 11.7 Å². The number of rotatable bonds is 1. The SMILES string of the molecule is CCCO.N.N. The van der Waals surface area contributed by atoms with Crippen molar-refractivity contribution in [1.29, 1.82) is 0 Å². The van der Waals surface area contributed by atoms with E-state index in [1.54, 1.807) is 0 Å². The molecule has 0 unspecified atom stereocenters. The molecule has 0 aromatic carbocycles. The molecule has 0 saturated heterocycles. The third kappa shape index (κ3) is 41.6. The lowest BCUT2D eigenvalue weighted by Gasteiger charge is -1.69. The summed E-state index contributed by atoms with van der Waals surface area (Å²) in [5.74, 6) is 0. The van der Waals surface area contributed by atoms with E-state index >= 15 is 0 Å². The zero-order valence-electron chi connectivity index (χ0n) is 4.28. The predicted molar refractivity (Wildman–Crippen MR) is 27.4 cm³/mol. The van der Waals surface area contributed by atoms with Crippen LogP contribution in [0.15, 0.2) is 0 Å². The predicted octanol–water partition coefficient (Wildman–Crippen LogP) is 0.713. The summed E-state index contributed by atoms with van der Waals surface area (Å²) in [5.41, 5.74) is 0. The fourth-order valence-corrected chi connectivity index (χ4v) is 0. The maximum atomic E-state index is 7.88. The molecule has 0 spiro atoms. The first-order chi connectivity index (χ1) is 1.91. The first-order valence-electron chi connectivity index (χ1n) is 1.52. The molecule has 0 bridgehead atoms. The lowest BCUT2D eigenvalue weighted by atomic mass is 10.5. The Morgan fingerprint density at radius 3 is 1.50 bits per heavy atom. The zero-order valence-corrected chi connectivity index (χ0v) is 4.28. The van der Waals surface area contributed by atoms with E-state index in [2.05, 4.69) is 0 Å². The minimum Gasteiger partial charge on any atom is -0.396 e. The Morgan fingerprint density at radius 1 is 1.33 bits per heavy atom. The molecule has 0 radical (unpaired) electrons. The molecular formula is C3H14N2O. The Bertz CT molecular complexity index is 10.8. The zero-order chi connectivity index (χ0) is 3.41. The van der Waals surface area contributed by atoms with Gasteiger partial charge in [0.05, 0.1) is 0 Å². The van der Waals surface area contributed by atoms with Crippen LogP contribution >= 0.6 is 0 Å². The first kappa shape index (κ1) is 16.9. The molecule has 0 aliphatic heterocycles. The molecule has 42 valence electrons. The summed E-state index contributed by atoms with van der Waals surface area (Å²) in [6, 6.07) is 0. The fourth-order valence-electron chi connectivity index (χ4n) is 0. The summed E-state index contributed by atoms with van der Waals surface area (Å²) < 4.78 is 0. The maximum absolute atomic E-state index is 7.88. The van der Waals surface area contributed by atoms with Crippen LogP contribution in [0.2, 0.25) is 0 Å². The summed E-state index contributed by atoms with van der Waals surface area (Å²) in [6.45, 7) is 2.25. The largest absolute Gasteiger partial charge is 0.396 e. The number of hydrogen-bond acceptors (Lipinski definition) is 3. The monoisotopic (exact) mass is 94.1 g/mol. The van der Waals surface area contributed by atoms with Crippen molar-refractivity contribution in [2.75, 3.05) is 6.61 Å². The summed E-state index contributed by atoms with van der Waals surface area (Å²) in [4.78, 5) is 0. The van der Waals surface area contributed by atoms with Gasteiger partial charge in [0, 0.05) is 6.61 Å².